The van der Waals surface area contributed by atoms with E-state index in [2.05, 4.69) is 23.8 Å². The zero-order valence-corrected chi connectivity index (χ0v) is 24.5. The van der Waals surface area contributed by atoms with Crippen LogP contribution in [0.2, 0.25) is 0 Å². The number of nitrogens with one attached hydrogen (secondary N) is 2. The number of benzene rings is 2. The summed E-state index contributed by atoms with van der Waals surface area (Å²) < 4.78 is 5.71. The zero-order chi connectivity index (χ0) is 30.1. The van der Waals surface area contributed by atoms with Gasteiger partial charge in [-0.3, -0.25) is 14.4 Å². The van der Waals surface area contributed by atoms with E-state index in [0.717, 1.165) is 24.0 Å². The second-order valence-electron chi connectivity index (χ2n) is 11.1. The van der Waals surface area contributed by atoms with Crippen LogP contribution in [0.3, 0.4) is 0 Å². The number of allylic oxidation sites excluding steroid dienone is 2. The maximum atomic E-state index is 13.2. The maximum absolute atomic E-state index is 13.2. The third kappa shape index (κ3) is 13.0. The van der Waals surface area contributed by atoms with Crippen molar-refractivity contribution in [2.45, 2.75) is 70.4 Å². The lowest BCUT2D eigenvalue weighted by atomic mass is 9.94. The van der Waals surface area contributed by atoms with E-state index < -0.39 is 17.5 Å². The molecule has 0 aliphatic carbocycles. The predicted octanol–water partition coefficient (Wildman–Crippen LogP) is 4.94. The summed E-state index contributed by atoms with van der Waals surface area (Å²) in [6.07, 6.45) is 7.11. The Balaban J connectivity index is 1.94. The van der Waals surface area contributed by atoms with E-state index >= 15 is 0 Å². The van der Waals surface area contributed by atoms with Crippen LogP contribution in [0.15, 0.2) is 86.0 Å². The molecule has 0 fully saturated rings. The van der Waals surface area contributed by atoms with Crippen LogP contribution in [0.5, 0.6) is 0 Å². The molecule has 0 unspecified atom stereocenters. The Morgan fingerprint density at radius 3 is 2.10 bits per heavy atom. The lowest BCUT2D eigenvalue weighted by Gasteiger charge is -2.29. The highest BCUT2D eigenvalue weighted by molar-refractivity contribution is 5.86. The van der Waals surface area contributed by atoms with E-state index in [-0.39, 0.29) is 43.3 Å². The number of carbonyl (C=O) groups excluding carboxylic acids is 3. The lowest BCUT2D eigenvalue weighted by Crippen LogP contribution is -2.50. The normalized spacial score (nSPS) is 13.3. The van der Waals surface area contributed by atoms with Crippen LogP contribution in [-0.2, 0) is 32.0 Å². The number of esters is 1. The van der Waals surface area contributed by atoms with Crippen LogP contribution >= 0.6 is 0 Å². The van der Waals surface area contributed by atoms with E-state index in [1.165, 1.54) is 0 Å². The lowest BCUT2D eigenvalue weighted by molar-refractivity contribution is -0.151. The summed E-state index contributed by atoms with van der Waals surface area (Å²) >= 11 is 0. The van der Waals surface area contributed by atoms with Gasteiger partial charge in [0.15, 0.2) is 0 Å². The van der Waals surface area contributed by atoms with E-state index in [4.69, 9.17) is 4.74 Å². The summed E-state index contributed by atoms with van der Waals surface area (Å²) in [5.41, 5.74) is 1.22. The summed E-state index contributed by atoms with van der Waals surface area (Å²) in [6, 6.07) is 19.0. The second kappa shape index (κ2) is 17.9. The predicted molar refractivity (Wildman–Crippen MR) is 163 cm³/mol. The van der Waals surface area contributed by atoms with Crippen molar-refractivity contribution in [2.24, 2.45) is 11.8 Å². The molecule has 3 atom stereocenters. The van der Waals surface area contributed by atoms with Gasteiger partial charge in [0.1, 0.15) is 6.61 Å². The van der Waals surface area contributed by atoms with Gasteiger partial charge in [-0.1, -0.05) is 72.8 Å². The summed E-state index contributed by atoms with van der Waals surface area (Å²) in [7, 11) is 0. The van der Waals surface area contributed by atoms with Crippen LogP contribution < -0.4 is 10.6 Å². The molecule has 0 aliphatic rings. The van der Waals surface area contributed by atoms with Gasteiger partial charge >= 0.3 is 5.97 Å². The number of aliphatic hydroxyl groups is 1. The van der Waals surface area contributed by atoms with Gasteiger partial charge in [0, 0.05) is 6.42 Å². The molecule has 2 aromatic rings. The average molecular weight is 563 g/mol. The minimum absolute atomic E-state index is 0.000981. The average Bonchev–Trinajstić information content (AvgIpc) is 2.95. The quantitative estimate of drug-likeness (QED) is 0.128. The van der Waals surface area contributed by atoms with Crippen molar-refractivity contribution >= 4 is 17.8 Å². The fourth-order valence-electron chi connectivity index (χ4n) is 4.61. The molecular weight excluding hydrogens is 516 g/mol. The number of hydrogen-bond donors (Lipinski definition) is 3. The highest BCUT2D eigenvalue weighted by Crippen LogP contribution is 2.19. The Hall–Kier alpha value is -3.71. The van der Waals surface area contributed by atoms with Crippen LogP contribution in [0.1, 0.15) is 57.1 Å². The number of unbranched alkanes of at least 4 members (excludes halogenated alkanes) is 1. The molecule has 7 heteroatoms. The van der Waals surface area contributed by atoms with E-state index in [9.17, 15) is 19.5 Å². The number of carbonyl (C=O) groups is 3. The van der Waals surface area contributed by atoms with Crippen molar-refractivity contribution in [3.05, 3.63) is 97.1 Å². The van der Waals surface area contributed by atoms with E-state index in [1.54, 1.807) is 19.9 Å². The first-order valence-electron chi connectivity index (χ1n) is 14.4. The topological polar surface area (TPSA) is 105 Å². The fourth-order valence-corrected chi connectivity index (χ4v) is 4.61. The molecule has 0 saturated heterocycles. The molecule has 222 valence electrons. The van der Waals surface area contributed by atoms with Gasteiger partial charge in [-0.2, -0.15) is 0 Å². The molecule has 41 heavy (non-hydrogen) atoms. The summed E-state index contributed by atoms with van der Waals surface area (Å²) in [6.45, 7) is 10.9. The van der Waals surface area contributed by atoms with Crippen molar-refractivity contribution in [3.8, 4) is 0 Å². The number of aliphatic hydroxyl groups excluding tert-OH is 1. The van der Waals surface area contributed by atoms with Crippen molar-refractivity contribution in [2.75, 3.05) is 13.2 Å². The molecule has 0 aromatic heterocycles. The van der Waals surface area contributed by atoms with Gasteiger partial charge < -0.3 is 20.5 Å². The summed E-state index contributed by atoms with van der Waals surface area (Å²) in [4.78, 5) is 39.1. The molecule has 2 rings (SSSR count). The minimum Gasteiger partial charge on any atom is -0.463 e. The number of amides is 2. The first kappa shape index (κ1) is 33.5. The highest BCUT2D eigenvalue weighted by Gasteiger charge is 2.30. The SMILES string of the molecule is C=CCCC[C@H](Cc1ccccc1)C(=O)OCC(C)(C)NC(=O)[C@H](CC=C)CC(=O)N[C@@H](CO)Cc1ccccc1. The van der Waals surface area contributed by atoms with Gasteiger partial charge in [0.25, 0.3) is 0 Å². The Morgan fingerprint density at radius 2 is 1.54 bits per heavy atom. The van der Waals surface area contributed by atoms with Crippen LogP contribution in [0, 0.1) is 11.8 Å². The van der Waals surface area contributed by atoms with E-state index in [1.807, 2.05) is 66.7 Å². The first-order chi connectivity index (χ1) is 19.7. The number of rotatable bonds is 19. The Labute approximate surface area is 245 Å². The van der Waals surface area contributed by atoms with Gasteiger partial charge in [0.2, 0.25) is 11.8 Å². The smallest absolute Gasteiger partial charge is 0.309 e. The molecule has 0 radical (unpaired) electrons. The third-order valence-corrected chi connectivity index (χ3v) is 6.82. The molecule has 3 N–H and O–H groups in total. The Kier molecular flexibility index (Phi) is 14.6. The molecule has 0 bridgehead atoms. The minimum atomic E-state index is -0.845. The maximum Gasteiger partial charge on any atom is 0.309 e. The monoisotopic (exact) mass is 562 g/mol. The van der Waals surface area contributed by atoms with Crippen molar-refractivity contribution in [3.63, 3.8) is 0 Å². The molecule has 0 heterocycles. The molecule has 0 spiro atoms. The van der Waals surface area contributed by atoms with Crippen LogP contribution in [0.25, 0.3) is 0 Å². The first-order valence-corrected chi connectivity index (χ1v) is 14.4. The van der Waals surface area contributed by atoms with Crippen molar-refractivity contribution in [1.29, 1.82) is 0 Å². The van der Waals surface area contributed by atoms with Crippen LogP contribution in [-0.4, -0.2) is 47.7 Å². The number of hydrogen-bond acceptors (Lipinski definition) is 5. The summed E-state index contributed by atoms with van der Waals surface area (Å²) in [5.74, 6) is -1.89. The van der Waals surface area contributed by atoms with Crippen molar-refractivity contribution < 1.29 is 24.2 Å². The molecule has 2 aromatic carbocycles. The molecule has 7 nitrogen and oxygen atoms in total. The Bertz CT molecular complexity index is 1100. The standard InChI is InChI=1S/C34H46N2O5/c1-5-7-10-20-29(21-26-16-11-8-12-17-26)33(40)41-25-34(3,4)36-32(39)28(15-6-2)23-31(38)35-30(24-37)22-27-18-13-9-14-19-27/h5-6,8-9,11-14,16-19,28-30,37H,1-2,7,10,15,20-25H2,3-4H3,(H,35,38)(H,36,39)/t28-,29-,30-/m1/s1. The highest BCUT2D eigenvalue weighted by atomic mass is 16.5. The largest absolute Gasteiger partial charge is 0.463 e. The van der Waals surface area contributed by atoms with Crippen LogP contribution in [0.4, 0.5) is 0 Å². The Morgan fingerprint density at radius 1 is 0.927 bits per heavy atom. The van der Waals surface area contributed by atoms with E-state index in [0.29, 0.717) is 25.7 Å². The number of ether oxygens (including phenoxy) is 1. The molecular formula is C34H46N2O5. The third-order valence-electron chi connectivity index (χ3n) is 6.82. The van der Waals surface area contributed by atoms with Gasteiger partial charge in [-0.15, -0.1) is 13.2 Å². The fraction of sp³-hybridized carbons (Fsp3) is 0.441. The van der Waals surface area contributed by atoms with Gasteiger partial charge in [-0.05, 0) is 63.5 Å². The zero-order valence-electron chi connectivity index (χ0n) is 24.5. The van der Waals surface area contributed by atoms with Gasteiger partial charge in [0.05, 0.1) is 30.0 Å². The molecule has 2 amide bonds. The summed E-state index contributed by atoms with van der Waals surface area (Å²) in [5, 5.41) is 15.5. The second-order valence-corrected chi connectivity index (χ2v) is 11.1. The molecule has 0 saturated carbocycles. The molecule has 0 aliphatic heterocycles. The van der Waals surface area contributed by atoms with Crippen molar-refractivity contribution in [1.82, 2.24) is 10.6 Å². The van der Waals surface area contributed by atoms with Gasteiger partial charge in [-0.25, -0.2) is 0 Å².